The van der Waals surface area contributed by atoms with Crippen molar-refractivity contribution in [2.45, 2.75) is 20.0 Å². The number of aromatic nitrogens is 2. The summed E-state index contributed by atoms with van der Waals surface area (Å²) in [5, 5.41) is 4.81. The molecule has 0 aliphatic heterocycles. The van der Waals surface area contributed by atoms with Gasteiger partial charge in [-0.1, -0.05) is 36.4 Å². The minimum absolute atomic E-state index is 0.180. The molecule has 8 heteroatoms. The Hall–Kier alpha value is -4.98. The van der Waals surface area contributed by atoms with E-state index in [0.29, 0.717) is 34.5 Å². The molecular formula is C31H29N3O5. The van der Waals surface area contributed by atoms with Crippen LogP contribution >= 0.6 is 0 Å². The molecule has 0 atom stereocenters. The highest BCUT2D eigenvalue weighted by molar-refractivity contribution is 5.94. The molecule has 0 fully saturated rings. The van der Waals surface area contributed by atoms with Crippen LogP contribution in [0.3, 0.4) is 0 Å². The van der Waals surface area contributed by atoms with Crippen molar-refractivity contribution in [1.29, 1.82) is 0 Å². The fourth-order valence-electron chi connectivity index (χ4n) is 4.30. The minimum atomic E-state index is -0.180. The van der Waals surface area contributed by atoms with E-state index in [1.54, 1.807) is 60.4 Å². The molecule has 0 spiro atoms. The lowest BCUT2D eigenvalue weighted by molar-refractivity contribution is 0.0716. The summed E-state index contributed by atoms with van der Waals surface area (Å²) in [7, 11) is 3.17. The number of rotatable bonds is 10. The first kappa shape index (κ1) is 25.7. The summed E-state index contributed by atoms with van der Waals surface area (Å²) in [4.78, 5) is 15.6. The number of aryl methyl sites for hydroxylation is 1. The fraction of sp³-hybridized carbons (Fsp3) is 0.161. The van der Waals surface area contributed by atoms with Crippen LogP contribution in [0.5, 0.6) is 23.1 Å². The second-order valence-electron chi connectivity index (χ2n) is 8.84. The van der Waals surface area contributed by atoms with E-state index in [0.717, 1.165) is 16.9 Å². The van der Waals surface area contributed by atoms with E-state index in [4.69, 9.17) is 23.7 Å². The van der Waals surface area contributed by atoms with Gasteiger partial charge < -0.3 is 23.5 Å². The molecule has 1 amide bonds. The van der Waals surface area contributed by atoms with E-state index in [9.17, 15) is 4.79 Å². The Balaban J connectivity index is 1.59. The van der Waals surface area contributed by atoms with Gasteiger partial charge in [-0.15, -0.1) is 0 Å². The predicted octanol–water partition coefficient (Wildman–Crippen LogP) is 6.43. The Labute approximate surface area is 227 Å². The Kier molecular flexibility index (Phi) is 7.63. The van der Waals surface area contributed by atoms with E-state index in [2.05, 4.69) is 0 Å². The maximum absolute atomic E-state index is 13.8. The molecule has 5 aromatic rings. The van der Waals surface area contributed by atoms with Gasteiger partial charge >= 0.3 is 0 Å². The summed E-state index contributed by atoms with van der Waals surface area (Å²) >= 11 is 0. The topological polar surface area (TPSA) is 79.0 Å². The lowest BCUT2D eigenvalue weighted by Crippen LogP contribution is -2.30. The minimum Gasteiger partial charge on any atom is -0.497 e. The van der Waals surface area contributed by atoms with Gasteiger partial charge in [-0.3, -0.25) is 4.79 Å². The summed E-state index contributed by atoms with van der Waals surface area (Å²) in [6.07, 6.45) is 1.60. The molecule has 198 valence electrons. The molecule has 5 rings (SSSR count). The smallest absolute Gasteiger partial charge is 0.254 e. The largest absolute Gasteiger partial charge is 0.497 e. The van der Waals surface area contributed by atoms with Gasteiger partial charge in [0.1, 0.15) is 11.5 Å². The Morgan fingerprint density at radius 1 is 0.872 bits per heavy atom. The summed E-state index contributed by atoms with van der Waals surface area (Å²) < 4.78 is 24.7. The van der Waals surface area contributed by atoms with Gasteiger partial charge in [-0.2, -0.15) is 5.10 Å². The number of furan rings is 1. The molecular weight excluding hydrogens is 494 g/mol. The van der Waals surface area contributed by atoms with Crippen molar-refractivity contribution in [1.82, 2.24) is 14.7 Å². The van der Waals surface area contributed by atoms with E-state index in [1.165, 1.54) is 0 Å². The molecule has 0 aliphatic rings. The normalized spacial score (nSPS) is 10.7. The maximum atomic E-state index is 13.8. The van der Waals surface area contributed by atoms with Crippen LogP contribution in [0.25, 0.3) is 5.69 Å². The third kappa shape index (κ3) is 5.65. The van der Waals surface area contributed by atoms with Crippen LogP contribution < -0.4 is 14.2 Å². The highest BCUT2D eigenvalue weighted by atomic mass is 16.5. The van der Waals surface area contributed by atoms with Crippen molar-refractivity contribution in [3.8, 4) is 28.8 Å². The van der Waals surface area contributed by atoms with E-state index in [1.807, 2.05) is 67.6 Å². The fourth-order valence-corrected chi connectivity index (χ4v) is 4.30. The van der Waals surface area contributed by atoms with E-state index in [-0.39, 0.29) is 19.0 Å². The molecule has 3 aromatic carbocycles. The number of amides is 1. The molecule has 0 radical (unpaired) electrons. The monoisotopic (exact) mass is 523 g/mol. The molecule has 0 saturated heterocycles. The van der Waals surface area contributed by atoms with Crippen LogP contribution in [-0.4, -0.2) is 34.8 Å². The molecule has 2 aromatic heterocycles. The molecule has 0 N–H and O–H groups in total. The second kappa shape index (κ2) is 11.6. The quantitative estimate of drug-likeness (QED) is 0.210. The molecule has 0 saturated carbocycles. The highest BCUT2D eigenvalue weighted by Gasteiger charge is 2.26. The molecule has 8 nitrogen and oxygen atoms in total. The number of para-hydroxylation sites is 3. The van der Waals surface area contributed by atoms with Gasteiger partial charge in [0, 0.05) is 5.56 Å². The third-order valence-electron chi connectivity index (χ3n) is 6.29. The van der Waals surface area contributed by atoms with Crippen molar-refractivity contribution < 1.29 is 23.4 Å². The number of carbonyl (C=O) groups excluding carboxylic acids is 1. The average Bonchev–Trinajstić information content (AvgIpc) is 3.61. The second-order valence-corrected chi connectivity index (χ2v) is 8.84. The van der Waals surface area contributed by atoms with Crippen molar-refractivity contribution in [3.63, 3.8) is 0 Å². The SMILES string of the molecule is COc1cccc(C(=O)N(Cc2ccco2)Cc2c(C)nn(-c3ccccc3)c2Oc2ccccc2OC)c1. The third-order valence-corrected chi connectivity index (χ3v) is 6.29. The van der Waals surface area contributed by atoms with Gasteiger partial charge in [-0.25, -0.2) is 4.68 Å². The maximum Gasteiger partial charge on any atom is 0.254 e. The summed E-state index contributed by atoms with van der Waals surface area (Å²) in [5.41, 5.74) is 2.81. The van der Waals surface area contributed by atoms with Crippen LogP contribution in [0.1, 0.15) is 27.4 Å². The first-order valence-corrected chi connectivity index (χ1v) is 12.5. The Morgan fingerprint density at radius 3 is 2.36 bits per heavy atom. The van der Waals surface area contributed by atoms with Crippen LogP contribution in [0.4, 0.5) is 0 Å². The molecule has 0 unspecified atom stereocenters. The van der Waals surface area contributed by atoms with Crippen LogP contribution in [0.15, 0.2) is 102 Å². The number of carbonyl (C=O) groups is 1. The number of methoxy groups -OCH3 is 2. The van der Waals surface area contributed by atoms with E-state index < -0.39 is 0 Å². The molecule has 2 heterocycles. The van der Waals surface area contributed by atoms with Crippen LogP contribution in [0.2, 0.25) is 0 Å². The summed E-state index contributed by atoms with van der Waals surface area (Å²) in [6, 6.07) is 27.9. The average molecular weight is 524 g/mol. The zero-order valence-corrected chi connectivity index (χ0v) is 22.0. The Bertz CT molecular complexity index is 1540. The molecule has 0 bridgehead atoms. The van der Waals surface area contributed by atoms with Crippen LogP contribution in [0, 0.1) is 6.92 Å². The van der Waals surface area contributed by atoms with Crippen molar-refractivity contribution in [2.75, 3.05) is 14.2 Å². The zero-order chi connectivity index (χ0) is 27.2. The van der Waals surface area contributed by atoms with Gasteiger partial charge in [0.25, 0.3) is 5.91 Å². The number of hydrogen-bond donors (Lipinski definition) is 0. The van der Waals surface area contributed by atoms with Crippen LogP contribution in [-0.2, 0) is 13.1 Å². The predicted molar refractivity (Wildman–Crippen MR) is 147 cm³/mol. The van der Waals surface area contributed by atoms with E-state index >= 15 is 0 Å². The molecule has 39 heavy (non-hydrogen) atoms. The number of hydrogen-bond acceptors (Lipinski definition) is 6. The number of ether oxygens (including phenoxy) is 3. The van der Waals surface area contributed by atoms with Gasteiger partial charge in [0.05, 0.1) is 50.5 Å². The zero-order valence-electron chi connectivity index (χ0n) is 22.0. The Morgan fingerprint density at radius 2 is 1.64 bits per heavy atom. The van der Waals surface area contributed by atoms with Gasteiger partial charge in [0.15, 0.2) is 11.5 Å². The summed E-state index contributed by atoms with van der Waals surface area (Å²) in [5.74, 6) is 2.70. The summed E-state index contributed by atoms with van der Waals surface area (Å²) in [6.45, 7) is 2.39. The lowest BCUT2D eigenvalue weighted by atomic mass is 10.1. The lowest BCUT2D eigenvalue weighted by Gasteiger charge is -2.23. The number of benzene rings is 3. The van der Waals surface area contributed by atoms with Crippen molar-refractivity contribution in [2.24, 2.45) is 0 Å². The van der Waals surface area contributed by atoms with Crippen molar-refractivity contribution >= 4 is 5.91 Å². The van der Waals surface area contributed by atoms with Crippen molar-refractivity contribution in [3.05, 3.63) is 120 Å². The first-order chi connectivity index (χ1) is 19.1. The first-order valence-electron chi connectivity index (χ1n) is 12.5. The highest BCUT2D eigenvalue weighted by Crippen LogP contribution is 2.36. The van der Waals surface area contributed by atoms with Gasteiger partial charge in [-0.05, 0) is 61.5 Å². The van der Waals surface area contributed by atoms with Gasteiger partial charge in [0.2, 0.25) is 5.88 Å². The number of nitrogens with zero attached hydrogens (tertiary/aromatic N) is 3. The standard InChI is InChI=1S/C31H29N3O5/c1-22-27(21-33(20-26-15-10-18-38-26)30(35)23-11-9-14-25(19-23)36-2)31(34(32-22)24-12-5-4-6-13-24)39-29-17-8-7-16-28(29)37-3/h4-19H,20-21H2,1-3H3. The molecule has 0 aliphatic carbocycles.